The van der Waals surface area contributed by atoms with Gasteiger partial charge in [0, 0.05) is 5.56 Å². The van der Waals surface area contributed by atoms with Crippen LogP contribution in [0.3, 0.4) is 0 Å². The van der Waals surface area contributed by atoms with Gasteiger partial charge in [-0.3, -0.25) is 4.79 Å². The molecular weight excluding hydrogens is 312 g/mol. The molecule has 0 aromatic heterocycles. The molecule has 2 aromatic carbocycles. The molecule has 24 heavy (non-hydrogen) atoms. The Morgan fingerprint density at radius 3 is 1.92 bits per heavy atom. The first-order valence-corrected chi connectivity index (χ1v) is 7.46. The summed E-state index contributed by atoms with van der Waals surface area (Å²) < 4.78 is 0. The number of rotatable bonds is 7. The monoisotopic (exact) mass is 332 g/mol. The van der Waals surface area contributed by atoms with Crippen molar-refractivity contribution >= 4 is 5.78 Å². The summed E-state index contributed by atoms with van der Waals surface area (Å²) in [6.07, 6.45) is -1.44. The standard InChI is InChI=1S/C18H20O6/c19-7-12-6-13(15(9-21)16(10-22)14(12)8-20)18(24)17(23)11-4-2-1-3-5-11/h1-6,17,19-23H,7-10H2. The van der Waals surface area contributed by atoms with Crippen LogP contribution in [-0.2, 0) is 26.4 Å². The molecule has 0 saturated heterocycles. The van der Waals surface area contributed by atoms with Crippen LogP contribution in [0.2, 0.25) is 0 Å². The van der Waals surface area contributed by atoms with Crippen molar-refractivity contribution in [3.8, 4) is 0 Å². The minimum atomic E-state index is -1.44. The summed E-state index contributed by atoms with van der Waals surface area (Å²) in [4.78, 5) is 12.7. The van der Waals surface area contributed by atoms with Crippen LogP contribution < -0.4 is 0 Å². The highest BCUT2D eigenvalue weighted by molar-refractivity contribution is 6.01. The largest absolute Gasteiger partial charge is 0.392 e. The van der Waals surface area contributed by atoms with Gasteiger partial charge in [-0.15, -0.1) is 0 Å². The second-order valence-electron chi connectivity index (χ2n) is 5.33. The Morgan fingerprint density at radius 1 is 0.833 bits per heavy atom. The molecule has 0 aliphatic heterocycles. The topological polar surface area (TPSA) is 118 Å². The fourth-order valence-corrected chi connectivity index (χ4v) is 2.75. The highest BCUT2D eigenvalue weighted by Gasteiger charge is 2.25. The molecule has 0 aliphatic rings. The summed E-state index contributed by atoms with van der Waals surface area (Å²) >= 11 is 0. The average Bonchev–Trinajstić information content (AvgIpc) is 2.65. The molecule has 0 amide bonds. The second kappa shape index (κ2) is 8.14. The van der Waals surface area contributed by atoms with E-state index in [0.717, 1.165) is 0 Å². The Balaban J connectivity index is 2.58. The Hall–Kier alpha value is -2.09. The van der Waals surface area contributed by atoms with E-state index >= 15 is 0 Å². The summed E-state index contributed by atoms with van der Waals surface area (Å²) in [6.45, 7) is -1.96. The van der Waals surface area contributed by atoms with Gasteiger partial charge in [-0.2, -0.15) is 0 Å². The maximum absolute atomic E-state index is 12.7. The molecule has 2 aromatic rings. The van der Waals surface area contributed by atoms with E-state index in [1.165, 1.54) is 6.07 Å². The number of Topliss-reactive ketones (excluding diaryl/α,β-unsaturated/α-hetero) is 1. The molecule has 5 N–H and O–H groups in total. The summed E-state index contributed by atoms with van der Waals surface area (Å²) in [6, 6.07) is 9.67. The van der Waals surface area contributed by atoms with E-state index in [2.05, 4.69) is 0 Å². The van der Waals surface area contributed by atoms with Gasteiger partial charge in [0.05, 0.1) is 26.4 Å². The van der Waals surface area contributed by atoms with Crippen LogP contribution in [0.4, 0.5) is 0 Å². The van der Waals surface area contributed by atoms with Crippen molar-refractivity contribution in [2.75, 3.05) is 0 Å². The van der Waals surface area contributed by atoms with E-state index in [1.807, 2.05) is 0 Å². The van der Waals surface area contributed by atoms with Gasteiger partial charge in [0.15, 0.2) is 5.78 Å². The predicted octanol–water partition coefficient (Wildman–Crippen LogP) is 0.572. The van der Waals surface area contributed by atoms with Crippen LogP contribution in [0.25, 0.3) is 0 Å². The Kier molecular flexibility index (Phi) is 6.19. The maximum atomic E-state index is 12.7. The van der Waals surface area contributed by atoms with E-state index in [-0.39, 0.29) is 27.8 Å². The van der Waals surface area contributed by atoms with Crippen molar-refractivity contribution in [3.63, 3.8) is 0 Å². The number of aliphatic hydroxyl groups excluding tert-OH is 5. The van der Waals surface area contributed by atoms with Crippen molar-refractivity contribution in [2.45, 2.75) is 32.5 Å². The van der Waals surface area contributed by atoms with Crippen molar-refractivity contribution in [2.24, 2.45) is 0 Å². The van der Waals surface area contributed by atoms with Gasteiger partial charge in [-0.1, -0.05) is 30.3 Å². The Bertz CT molecular complexity index is 711. The zero-order chi connectivity index (χ0) is 17.7. The molecule has 0 saturated carbocycles. The number of ketones is 1. The minimum absolute atomic E-state index is 0.0131. The lowest BCUT2D eigenvalue weighted by atomic mass is 9.88. The highest BCUT2D eigenvalue weighted by Crippen LogP contribution is 2.28. The molecule has 0 bridgehead atoms. The summed E-state index contributed by atoms with van der Waals surface area (Å²) in [5.41, 5.74) is 1.28. The third-order valence-electron chi connectivity index (χ3n) is 4.03. The molecule has 128 valence electrons. The van der Waals surface area contributed by atoms with Crippen LogP contribution in [0.5, 0.6) is 0 Å². The van der Waals surface area contributed by atoms with Gasteiger partial charge in [0.25, 0.3) is 0 Å². The van der Waals surface area contributed by atoms with Gasteiger partial charge in [0.2, 0.25) is 0 Å². The lowest BCUT2D eigenvalue weighted by Gasteiger charge is -2.20. The van der Waals surface area contributed by atoms with Crippen LogP contribution in [-0.4, -0.2) is 31.3 Å². The van der Waals surface area contributed by atoms with Crippen LogP contribution in [0.15, 0.2) is 36.4 Å². The first-order chi connectivity index (χ1) is 11.6. The number of carbonyl (C=O) groups excluding carboxylic acids is 1. The fraction of sp³-hybridized carbons (Fsp3) is 0.278. The van der Waals surface area contributed by atoms with E-state index in [9.17, 15) is 30.3 Å². The predicted molar refractivity (Wildman–Crippen MR) is 85.9 cm³/mol. The molecular formula is C18H20O6. The lowest BCUT2D eigenvalue weighted by Crippen LogP contribution is -2.18. The summed E-state index contributed by atoms with van der Waals surface area (Å²) in [5, 5.41) is 48.4. The van der Waals surface area contributed by atoms with Gasteiger partial charge in [-0.25, -0.2) is 0 Å². The van der Waals surface area contributed by atoms with Gasteiger partial charge in [-0.05, 0) is 33.9 Å². The lowest BCUT2D eigenvalue weighted by molar-refractivity contribution is 0.0743. The van der Waals surface area contributed by atoms with Gasteiger partial charge >= 0.3 is 0 Å². The smallest absolute Gasteiger partial charge is 0.196 e. The number of hydrogen-bond donors (Lipinski definition) is 5. The van der Waals surface area contributed by atoms with Crippen LogP contribution in [0, 0.1) is 0 Å². The van der Waals surface area contributed by atoms with Crippen molar-refractivity contribution in [1.82, 2.24) is 0 Å². The summed E-state index contributed by atoms with van der Waals surface area (Å²) in [7, 11) is 0. The van der Waals surface area contributed by atoms with E-state index < -0.39 is 38.3 Å². The fourth-order valence-electron chi connectivity index (χ4n) is 2.75. The Labute approximate surface area is 139 Å². The highest BCUT2D eigenvalue weighted by atomic mass is 16.3. The summed E-state index contributed by atoms with van der Waals surface area (Å²) in [5.74, 6) is -0.654. The van der Waals surface area contributed by atoms with Gasteiger partial charge < -0.3 is 25.5 Å². The van der Waals surface area contributed by atoms with Crippen LogP contribution in [0.1, 0.15) is 44.3 Å². The van der Waals surface area contributed by atoms with Gasteiger partial charge in [0.1, 0.15) is 6.10 Å². The molecule has 0 spiro atoms. The zero-order valence-electron chi connectivity index (χ0n) is 13.0. The number of carbonyl (C=O) groups is 1. The Morgan fingerprint density at radius 2 is 1.42 bits per heavy atom. The molecule has 1 atom stereocenters. The normalized spacial score (nSPS) is 12.2. The van der Waals surface area contributed by atoms with Crippen molar-refractivity contribution in [1.29, 1.82) is 0 Å². The number of hydrogen-bond acceptors (Lipinski definition) is 6. The molecule has 0 heterocycles. The zero-order valence-corrected chi connectivity index (χ0v) is 13.0. The molecule has 6 nitrogen and oxygen atoms in total. The molecule has 2 rings (SSSR count). The quantitative estimate of drug-likeness (QED) is 0.473. The molecule has 1 unspecified atom stereocenters. The average molecular weight is 332 g/mol. The third-order valence-corrected chi connectivity index (χ3v) is 4.03. The first kappa shape index (κ1) is 18.3. The number of benzene rings is 2. The van der Waals surface area contributed by atoms with E-state index in [0.29, 0.717) is 5.56 Å². The van der Waals surface area contributed by atoms with Crippen molar-refractivity contribution in [3.05, 3.63) is 69.8 Å². The SMILES string of the molecule is O=C(c1cc(CO)c(CO)c(CO)c1CO)C(O)c1ccccc1. The maximum Gasteiger partial charge on any atom is 0.196 e. The molecule has 0 fully saturated rings. The number of aliphatic hydroxyl groups is 5. The van der Waals surface area contributed by atoms with Crippen molar-refractivity contribution < 1.29 is 30.3 Å². The second-order valence-corrected chi connectivity index (χ2v) is 5.33. The van der Waals surface area contributed by atoms with Crippen LogP contribution >= 0.6 is 0 Å². The molecule has 0 aliphatic carbocycles. The van der Waals surface area contributed by atoms with E-state index in [1.54, 1.807) is 30.3 Å². The van der Waals surface area contributed by atoms with E-state index in [4.69, 9.17) is 0 Å². The molecule has 6 heteroatoms. The third kappa shape index (κ3) is 3.38. The molecule has 0 radical (unpaired) electrons. The first-order valence-electron chi connectivity index (χ1n) is 7.46. The minimum Gasteiger partial charge on any atom is -0.392 e.